The van der Waals surface area contributed by atoms with Crippen LogP contribution < -0.4 is 5.32 Å². The molecule has 1 amide bonds. The third-order valence-electron chi connectivity index (χ3n) is 3.17. The predicted molar refractivity (Wildman–Crippen MR) is 67.3 cm³/mol. The third kappa shape index (κ3) is 3.65. The molecule has 1 saturated carbocycles. The Labute approximate surface area is 111 Å². The largest absolute Gasteiger partial charge is 0.393 e. The molecule has 18 heavy (non-hydrogen) atoms. The standard InChI is InChI=1S/C12H16ClN3O2/c13-11-5-4-10(15-16-11)12(18)14-7-8-2-1-3-9(17)6-8/h4-5,8-9,17H,1-3,6-7H2,(H,14,18). The van der Waals surface area contributed by atoms with Gasteiger partial charge in [-0.05, 0) is 37.3 Å². The Morgan fingerprint density at radius 3 is 2.94 bits per heavy atom. The fraction of sp³-hybridized carbons (Fsp3) is 0.583. The van der Waals surface area contributed by atoms with Crippen LogP contribution in [0.5, 0.6) is 0 Å². The van der Waals surface area contributed by atoms with Crippen molar-refractivity contribution in [2.24, 2.45) is 5.92 Å². The number of carbonyl (C=O) groups excluding carboxylic acids is 1. The molecule has 0 radical (unpaired) electrons. The molecule has 0 bridgehead atoms. The van der Waals surface area contributed by atoms with E-state index < -0.39 is 0 Å². The molecule has 6 heteroatoms. The molecular weight excluding hydrogens is 254 g/mol. The summed E-state index contributed by atoms with van der Waals surface area (Å²) in [6.45, 7) is 0.570. The fourth-order valence-electron chi connectivity index (χ4n) is 2.21. The Balaban J connectivity index is 1.82. The quantitative estimate of drug-likeness (QED) is 0.870. The number of amides is 1. The second-order valence-corrected chi connectivity index (χ2v) is 5.03. The number of aliphatic hydroxyl groups excluding tert-OH is 1. The van der Waals surface area contributed by atoms with E-state index >= 15 is 0 Å². The summed E-state index contributed by atoms with van der Waals surface area (Å²) in [7, 11) is 0. The second kappa shape index (κ2) is 6.11. The molecule has 2 atom stereocenters. The van der Waals surface area contributed by atoms with Crippen molar-refractivity contribution in [1.82, 2.24) is 15.5 Å². The number of nitrogens with zero attached hydrogens (tertiary/aromatic N) is 2. The van der Waals surface area contributed by atoms with Crippen molar-refractivity contribution in [1.29, 1.82) is 0 Å². The zero-order valence-electron chi connectivity index (χ0n) is 9.97. The van der Waals surface area contributed by atoms with Crippen LogP contribution in [0.3, 0.4) is 0 Å². The Hall–Kier alpha value is -1.20. The summed E-state index contributed by atoms with van der Waals surface area (Å²) in [5.41, 5.74) is 0.260. The lowest BCUT2D eigenvalue weighted by Crippen LogP contribution is -2.33. The van der Waals surface area contributed by atoms with Crippen LogP contribution in [-0.4, -0.2) is 33.9 Å². The lowest BCUT2D eigenvalue weighted by atomic mass is 9.87. The van der Waals surface area contributed by atoms with Gasteiger partial charge in [-0.1, -0.05) is 18.0 Å². The van der Waals surface area contributed by atoms with Crippen molar-refractivity contribution in [2.75, 3.05) is 6.54 Å². The van der Waals surface area contributed by atoms with Crippen LogP contribution in [0.2, 0.25) is 5.15 Å². The van der Waals surface area contributed by atoms with Crippen LogP contribution in [0.25, 0.3) is 0 Å². The van der Waals surface area contributed by atoms with Gasteiger partial charge in [0.2, 0.25) is 0 Å². The van der Waals surface area contributed by atoms with Crippen molar-refractivity contribution in [3.8, 4) is 0 Å². The minimum Gasteiger partial charge on any atom is -0.393 e. The summed E-state index contributed by atoms with van der Waals surface area (Å²) in [5.74, 6) is 0.0946. The van der Waals surface area contributed by atoms with E-state index in [2.05, 4.69) is 15.5 Å². The predicted octanol–water partition coefficient (Wildman–Crippen LogP) is 1.41. The molecule has 0 spiro atoms. The van der Waals surface area contributed by atoms with Gasteiger partial charge in [0, 0.05) is 6.54 Å². The van der Waals surface area contributed by atoms with Crippen molar-refractivity contribution in [2.45, 2.75) is 31.8 Å². The number of carbonyl (C=O) groups is 1. The maximum Gasteiger partial charge on any atom is 0.271 e. The molecule has 1 aromatic rings. The van der Waals surface area contributed by atoms with Crippen molar-refractivity contribution < 1.29 is 9.90 Å². The molecule has 2 N–H and O–H groups in total. The van der Waals surface area contributed by atoms with Crippen molar-refractivity contribution in [3.63, 3.8) is 0 Å². The highest BCUT2D eigenvalue weighted by Gasteiger charge is 2.20. The van der Waals surface area contributed by atoms with Gasteiger partial charge < -0.3 is 10.4 Å². The van der Waals surface area contributed by atoms with Gasteiger partial charge in [0.25, 0.3) is 5.91 Å². The number of aromatic nitrogens is 2. The maximum absolute atomic E-state index is 11.8. The van der Waals surface area contributed by atoms with E-state index in [0.717, 1.165) is 25.7 Å². The smallest absolute Gasteiger partial charge is 0.271 e. The van der Waals surface area contributed by atoms with E-state index in [0.29, 0.717) is 12.5 Å². The van der Waals surface area contributed by atoms with E-state index in [9.17, 15) is 9.90 Å². The van der Waals surface area contributed by atoms with Crippen molar-refractivity contribution in [3.05, 3.63) is 23.0 Å². The number of hydrogen-bond donors (Lipinski definition) is 2. The molecule has 1 aliphatic rings. The fourth-order valence-corrected chi connectivity index (χ4v) is 2.31. The average Bonchev–Trinajstić information content (AvgIpc) is 2.37. The Morgan fingerprint density at radius 2 is 2.28 bits per heavy atom. The molecule has 1 heterocycles. The molecule has 0 aliphatic heterocycles. The Morgan fingerprint density at radius 1 is 1.44 bits per heavy atom. The lowest BCUT2D eigenvalue weighted by Gasteiger charge is -2.25. The van der Waals surface area contributed by atoms with E-state index in [4.69, 9.17) is 11.6 Å². The molecular formula is C12H16ClN3O2. The highest BCUT2D eigenvalue weighted by Crippen LogP contribution is 2.23. The van der Waals surface area contributed by atoms with E-state index in [-0.39, 0.29) is 22.9 Å². The van der Waals surface area contributed by atoms with E-state index in [1.54, 1.807) is 6.07 Å². The van der Waals surface area contributed by atoms with Crippen LogP contribution >= 0.6 is 11.6 Å². The molecule has 1 fully saturated rings. The van der Waals surface area contributed by atoms with Gasteiger partial charge >= 0.3 is 0 Å². The summed E-state index contributed by atoms with van der Waals surface area (Å²) >= 11 is 5.60. The molecule has 0 aromatic carbocycles. The molecule has 0 saturated heterocycles. The molecule has 2 rings (SSSR count). The van der Waals surface area contributed by atoms with E-state index in [1.165, 1.54) is 6.07 Å². The van der Waals surface area contributed by atoms with Crippen LogP contribution in [0.4, 0.5) is 0 Å². The first-order chi connectivity index (χ1) is 8.65. The highest BCUT2D eigenvalue weighted by molar-refractivity contribution is 6.29. The number of nitrogens with one attached hydrogen (secondary N) is 1. The average molecular weight is 270 g/mol. The first kappa shape index (κ1) is 13.2. The van der Waals surface area contributed by atoms with Gasteiger partial charge in [-0.3, -0.25) is 4.79 Å². The molecule has 5 nitrogen and oxygen atoms in total. The summed E-state index contributed by atoms with van der Waals surface area (Å²) in [4.78, 5) is 11.8. The van der Waals surface area contributed by atoms with Gasteiger partial charge in [0.1, 0.15) is 0 Å². The maximum atomic E-state index is 11.8. The third-order valence-corrected chi connectivity index (χ3v) is 3.37. The number of halogens is 1. The van der Waals surface area contributed by atoms with Crippen LogP contribution in [0.15, 0.2) is 12.1 Å². The molecule has 2 unspecified atom stereocenters. The minimum atomic E-state index is -0.251. The lowest BCUT2D eigenvalue weighted by molar-refractivity contribution is 0.0869. The molecule has 1 aromatic heterocycles. The molecule has 1 aliphatic carbocycles. The van der Waals surface area contributed by atoms with Crippen LogP contribution in [0, 0.1) is 5.92 Å². The first-order valence-electron chi connectivity index (χ1n) is 6.10. The van der Waals surface area contributed by atoms with E-state index in [1.807, 2.05) is 0 Å². The summed E-state index contributed by atoms with van der Waals surface area (Å²) in [6, 6.07) is 3.08. The Bertz CT molecular complexity index is 410. The highest BCUT2D eigenvalue weighted by atomic mass is 35.5. The number of rotatable bonds is 3. The number of aliphatic hydroxyl groups is 1. The number of hydrogen-bond acceptors (Lipinski definition) is 4. The van der Waals surface area contributed by atoms with Gasteiger partial charge in [0.15, 0.2) is 10.8 Å². The normalized spacial score (nSPS) is 23.7. The summed E-state index contributed by atoms with van der Waals surface area (Å²) < 4.78 is 0. The first-order valence-corrected chi connectivity index (χ1v) is 6.48. The monoisotopic (exact) mass is 269 g/mol. The van der Waals surface area contributed by atoms with Gasteiger partial charge in [-0.15, -0.1) is 10.2 Å². The second-order valence-electron chi connectivity index (χ2n) is 4.64. The summed E-state index contributed by atoms with van der Waals surface area (Å²) in [5, 5.41) is 20.0. The van der Waals surface area contributed by atoms with Crippen LogP contribution in [-0.2, 0) is 0 Å². The van der Waals surface area contributed by atoms with Gasteiger partial charge in [-0.2, -0.15) is 0 Å². The topological polar surface area (TPSA) is 75.1 Å². The van der Waals surface area contributed by atoms with Gasteiger partial charge in [0.05, 0.1) is 6.10 Å². The zero-order valence-corrected chi connectivity index (χ0v) is 10.7. The summed E-state index contributed by atoms with van der Waals surface area (Å²) in [6.07, 6.45) is 3.46. The van der Waals surface area contributed by atoms with Crippen molar-refractivity contribution >= 4 is 17.5 Å². The zero-order chi connectivity index (χ0) is 13.0. The minimum absolute atomic E-state index is 0.226. The van der Waals surface area contributed by atoms with Crippen LogP contribution in [0.1, 0.15) is 36.2 Å². The molecule has 98 valence electrons. The SMILES string of the molecule is O=C(NCC1CCCC(O)C1)c1ccc(Cl)nn1. The Kier molecular flexibility index (Phi) is 4.49. The van der Waals surface area contributed by atoms with Gasteiger partial charge in [-0.25, -0.2) is 0 Å².